The van der Waals surface area contributed by atoms with Crippen LogP contribution in [0.1, 0.15) is 5.56 Å². The van der Waals surface area contributed by atoms with Crippen molar-refractivity contribution in [2.75, 3.05) is 41.8 Å². The average Bonchev–Trinajstić information content (AvgIpc) is 2.75. The van der Waals surface area contributed by atoms with E-state index in [9.17, 15) is 4.39 Å². The Bertz CT molecular complexity index is 913. The van der Waals surface area contributed by atoms with Crippen LogP contribution in [0, 0.1) is 5.82 Å². The number of nitrogens with one attached hydrogen (secondary N) is 2. The van der Waals surface area contributed by atoms with E-state index in [1.807, 2.05) is 24.3 Å². The van der Waals surface area contributed by atoms with Crippen LogP contribution in [0.2, 0.25) is 0 Å². The molecule has 0 saturated carbocycles. The molecule has 0 aliphatic carbocycles. The average molecular weight is 379 g/mol. The molecule has 7 heteroatoms. The van der Waals surface area contributed by atoms with Crippen LogP contribution < -0.4 is 15.5 Å². The molecule has 2 aromatic carbocycles. The second kappa shape index (κ2) is 8.67. The third-order valence-electron chi connectivity index (χ3n) is 4.54. The molecular weight excluding hydrogens is 357 g/mol. The molecule has 0 radical (unpaired) electrons. The Morgan fingerprint density at radius 1 is 1.00 bits per heavy atom. The van der Waals surface area contributed by atoms with Crippen LogP contribution in [-0.4, -0.2) is 36.3 Å². The number of aromatic nitrogens is 2. The number of nitrogens with zero attached hydrogens (tertiary/aromatic N) is 3. The lowest BCUT2D eigenvalue weighted by Gasteiger charge is -2.30. The highest BCUT2D eigenvalue weighted by atomic mass is 19.1. The number of morpholine rings is 1. The van der Waals surface area contributed by atoms with Gasteiger partial charge < -0.3 is 20.3 Å². The number of halogens is 1. The molecule has 1 aliphatic heterocycles. The van der Waals surface area contributed by atoms with Crippen LogP contribution in [0.3, 0.4) is 0 Å². The molecule has 28 heavy (non-hydrogen) atoms. The molecule has 0 amide bonds. The quantitative estimate of drug-likeness (QED) is 0.679. The summed E-state index contributed by atoms with van der Waals surface area (Å²) in [4.78, 5) is 11.2. The van der Waals surface area contributed by atoms with Crippen LogP contribution in [0.5, 0.6) is 0 Å². The molecule has 2 heterocycles. The number of para-hydroxylation sites is 2. The Kier molecular flexibility index (Phi) is 5.63. The fourth-order valence-corrected chi connectivity index (χ4v) is 3.09. The molecule has 1 fully saturated rings. The SMILES string of the molecule is Fc1ccc(CNc2ccnc(Nc3ccccc3N3CCOCC3)n2)cc1. The minimum Gasteiger partial charge on any atom is -0.378 e. The molecule has 0 bridgehead atoms. The van der Waals surface area contributed by atoms with Crippen molar-refractivity contribution in [1.29, 1.82) is 0 Å². The Labute approximate surface area is 163 Å². The summed E-state index contributed by atoms with van der Waals surface area (Å²) in [7, 11) is 0. The van der Waals surface area contributed by atoms with E-state index < -0.39 is 0 Å². The summed E-state index contributed by atoms with van der Waals surface area (Å²) in [6.45, 7) is 3.74. The summed E-state index contributed by atoms with van der Waals surface area (Å²) in [6, 6.07) is 16.3. The van der Waals surface area contributed by atoms with E-state index in [0.29, 0.717) is 18.3 Å². The van der Waals surface area contributed by atoms with Crippen LogP contribution >= 0.6 is 0 Å². The van der Waals surface area contributed by atoms with E-state index in [0.717, 1.165) is 43.2 Å². The van der Waals surface area contributed by atoms with Crippen LogP contribution in [-0.2, 0) is 11.3 Å². The molecule has 2 N–H and O–H groups in total. The van der Waals surface area contributed by atoms with E-state index in [-0.39, 0.29) is 5.82 Å². The van der Waals surface area contributed by atoms with Crippen molar-refractivity contribution in [3.05, 3.63) is 72.2 Å². The lowest BCUT2D eigenvalue weighted by Crippen LogP contribution is -2.36. The van der Waals surface area contributed by atoms with Gasteiger partial charge in [-0.15, -0.1) is 0 Å². The summed E-state index contributed by atoms with van der Waals surface area (Å²) < 4.78 is 18.5. The molecule has 144 valence electrons. The predicted octanol–water partition coefficient (Wildman–Crippen LogP) is 3.81. The first kappa shape index (κ1) is 18.2. The van der Waals surface area contributed by atoms with Crippen molar-refractivity contribution in [2.45, 2.75) is 6.54 Å². The summed E-state index contributed by atoms with van der Waals surface area (Å²) in [6.07, 6.45) is 1.71. The molecule has 1 aliphatic rings. The normalized spacial score (nSPS) is 14.0. The van der Waals surface area contributed by atoms with Crippen molar-refractivity contribution >= 4 is 23.1 Å². The Morgan fingerprint density at radius 2 is 1.79 bits per heavy atom. The fraction of sp³-hybridized carbons (Fsp3) is 0.238. The Morgan fingerprint density at radius 3 is 2.61 bits per heavy atom. The van der Waals surface area contributed by atoms with Crippen LogP contribution in [0.25, 0.3) is 0 Å². The molecule has 0 unspecified atom stereocenters. The largest absolute Gasteiger partial charge is 0.378 e. The Hall–Kier alpha value is -3.19. The molecule has 1 aromatic heterocycles. The topological polar surface area (TPSA) is 62.3 Å². The molecular formula is C21H22FN5O. The van der Waals surface area contributed by atoms with Gasteiger partial charge in [0.1, 0.15) is 11.6 Å². The zero-order chi connectivity index (χ0) is 19.2. The summed E-state index contributed by atoms with van der Waals surface area (Å²) in [5.41, 5.74) is 3.05. The number of benzene rings is 2. The van der Waals surface area contributed by atoms with Crippen molar-refractivity contribution in [3.8, 4) is 0 Å². The predicted molar refractivity (Wildman–Crippen MR) is 109 cm³/mol. The maximum atomic E-state index is 13.0. The second-order valence-electron chi connectivity index (χ2n) is 6.49. The third kappa shape index (κ3) is 4.55. The number of rotatable bonds is 6. The van der Waals surface area contributed by atoms with E-state index in [1.54, 1.807) is 18.3 Å². The number of ether oxygens (including phenoxy) is 1. The highest BCUT2D eigenvalue weighted by Gasteiger charge is 2.15. The van der Waals surface area contributed by atoms with Crippen molar-refractivity contribution in [1.82, 2.24) is 9.97 Å². The van der Waals surface area contributed by atoms with Gasteiger partial charge in [-0.25, -0.2) is 9.37 Å². The smallest absolute Gasteiger partial charge is 0.229 e. The molecule has 4 rings (SSSR count). The maximum Gasteiger partial charge on any atom is 0.229 e. The zero-order valence-electron chi connectivity index (χ0n) is 15.4. The van der Waals surface area contributed by atoms with Gasteiger partial charge >= 0.3 is 0 Å². The molecule has 0 spiro atoms. The lowest BCUT2D eigenvalue weighted by molar-refractivity contribution is 0.123. The fourth-order valence-electron chi connectivity index (χ4n) is 3.09. The zero-order valence-corrected chi connectivity index (χ0v) is 15.4. The van der Waals surface area contributed by atoms with Gasteiger partial charge in [-0.1, -0.05) is 24.3 Å². The van der Waals surface area contributed by atoms with Gasteiger partial charge in [-0.3, -0.25) is 0 Å². The van der Waals surface area contributed by atoms with Gasteiger partial charge in [0.2, 0.25) is 5.95 Å². The first-order valence-electron chi connectivity index (χ1n) is 9.28. The van der Waals surface area contributed by atoms with Crippen LogP contribution in [0.15, 0.2) is 60.8 Å². The van der Waals surface area contributed by atoms with Crippen LogP contribution in [0.4, 0.5) is 27.5 Å². The van der Waals surface area contributed by atoms with Gasteiger partial charge in [0.05, 0.1) is 24.6 Å². The maximum absolute atomic E-state index is 13.0. The molecule has 1 saturated heterocycles. The van der Waals surface area contributed by atoms with Crippen molar-refractivity contribution in [2.24, 2.45) is 0 Å². The number of hydrogen-bond acceptors (Lipinski definition) is 6. The van der Waals surface area contributed by atoms with Gasteiger partial charge in [-0.2, -0.15) is 4.98 Å². The monoisotopic (exact) mass is 379 g/mol. The molecule has 0 atom stereocenters. The standard InChI is InChI=1S/C21H22FN5O/c22-17-7-5-16(6-8-17)15-24-20-9-10-23-21(26-20)25-18-3-1-2-4-19(18)27-11-13-28-14-12-27/h1-10H,11-15H2,(H2,23,24,25,26). The minimum absolute atomic E-state index is 0.240. The van der Waals surface area contributed by atoms with E-state index in [2.05, 4.69) is 31.6 Å². The van der Waals surface area contributed by atoms with Gasteiger partial charge in [0.15, 0.2) is 0 Å². The van der Waals surface area contributed by atoms with Gasteiger partial charge in [0.25, 0.3) is 0 Å². The Balaban J connectivity index is 1.45. The lowest BCUT2D eigenvalue weighted by atomic mass is 10.2. The second-order valence-corrected chi connectivity index (χ2v) is 6.49. The van der Waals surface area contributed by atoms with Crippen molar-refractivity contribution < 1.29 is 9.13 Å². The highest BCUT2D eigenvalue weighted by Crippen LogP contribution is 2.28. The first-order valence-corrected chi connectivity index (χ1v) is 9.28. The van der Waals surface area contributed by atoms with Gasteiger partial charge in [-0.05, 0) is 35.9 Å². The summed E-state index contributed by atoms with van der Waals surface area (Å²) in [5, 5.41) is 6.57. The van der Waals surface area contributed by atoms with Crippen molar-refractivity contribution in [3.63, 3.8) is 0 Å². The highest BCUT2D eigenvalue weighted by molar-refractivity contribution is 5.73. The number of hydrogen-bond donors (Lipinski definition) is 2. The van der Waals surface area contributed by atoms with E-state index in [1.165, 1.54) is 12.1 Å². The summed E-state index contributed by atoms with van der Waals surface area (Å²) in [5.74, 6) is 0.978. The summed E-state index contributed by atoms with van der Waals surface area (Å²) >= 11 is 0. The molecule has 6 nitrogen and oxygen atoms in total. The molecule has 3 aromatic rings. The van der Waals surface area contributed by atoms with E-state index >= 15 is 0 Å². The first-order chi connectivity index (χ1) is 13.8. The minimum atomic E-state index is -0.240. The third-order valence-corrected chi connectivity index (χ3v) is 4.54. The van der Waals surface area contributed by atoms with Gasteiger partial charge in [0, 0.05) is 25.8 Å². The van der Waals surface area contributed by atoms with E-state index in [4.69, 9.17) is 4.74 Å². The number of anilines is 4.